The predicted molar refractivity (Wildman–Crippen MR) is 105 cm³/mol. The van der Waals surface area contributed by atoms with Gasteiger partial charge in [0.2, 0.25) is 0 Å². The predicted octanol–water partition coefficient (Wildman–Crippen LogP) is 4.03. The number of nitrogens with zero attached hydrogens (tertiary/aromatic N) is 1. The molecule has 1 saturated heterocycles. The van der Waals surface area contributed by atoms with E-state index in [2.05, 4.69) is 21.2 Å². The maximum absolute atomic E-state index is 14.2. The van der Waals surface area contributed by atoms with Crippen LogP contribution >= 0.6 is 15.9 Å². The highest BCUT2D eigenvalue weighted by Crippen LogP contribution is 2.36. The van der Waals surface area contributed by atoms with E-state index >= 15 is 0 Å². The molecule has 29 heavy (non-hydrogen) atoms. The van der Waals surface area contributed by atoms with Crippen LogP contribution in [0.5, 0.6) is 5.75 Å². The van der Waals surface area contributed by atoms with E-state index in [1.54, 1.807) is 0 Å². The molecule has 1 fully saturated rings. The molecule has 0 aliphatic carbocycles. The zero-order chi connectivity index (χ0) is 20.5. The van der Waals surface area contributed by atoms with Crippen molar-refractivity contribution in [3.63, 3.8) is 0 Å². The SMILES string of the molecule is O=C(NC1CCOc2ccc(Br)cc21)C(=O)N1CCCC1c1cc(F)ccc1F. The Morgan fingerprint density at radius 1 is 1.10 bits per heavy atom. The van der Waals surface area contributed by atoms with Crippen molar-refractivity contribution in [1.82, 2.24) is 10.2 Å². The Bertz CT molecular complexity index is 969. The maximum Gasteiger partial charge on any atom is 0.312 e. The van der Waals surface area contributed by atoms with E-state index in [1.807, 2.05) is 18.2 Å². The number of halogens is 3. The number of nitrogens with one attached hydrogen (secondary N) is 1. The van der Waals surface area contributed by atoms with Crippen molar-refractivity contribution < 1.29 is 23.1 Å². The third-order valence-corrected chi connectivity index (χ3v) is 5.83. The van der Waals surface area contributed by atoms with Crippen LogP contribution in [0.15, 0.2) is 40.9 Å². The van der Waals surface area contributed by atoms with E-state index in [-0.39, 0.29) is 11.6 Å². The number of amides is 2. The van der Waals surface area contributed by atoms with Gasteiger partial charge in [-0.3, -0.25) is 9.59 Å². The molecule has 4 rings (SSSR count). The molecule has 0 bridgehead atoms. The number of carbonyl (C=O) groups excluding carboxylic acids is 2. The van der Waals surface area contributed by atoms with E-state index in [9.17, 15) is 18.4 Å². The van der Waals surface area contributed by atoms with Gasteiger partial charge in [0.25, 0.3) is 0 Å². The van der Waals surface area contributed by atoms with Gasteiger partial charge in [-0.2, -0.15) is 0 Å². The fourth-order valence-electron chi connectivity index (χ4n) is 3.97. The summed E-state index contributed by atoms with van der Waals surface area (Å²) in [5.74, 6) is -1.99. The summed E-state index contributed by atoms with van der Waals surface area (Å²) in [5, 5.41) is 2.78. The van der Waals surface area contributed by atoms with Crippen molar-refractivity contribution >= 4 is 27.7 Å². The molecule has 2 amide bonds. The van der Waals surface area contributed by atoms with Crippen LogP contribution in [0.2, 0.25) is 0 Å². The largest absolute Gasteiger partial charge is 0.493 e. The molecule has 0 radical (unpaired) electrons. The first-order valence-electron chi connectivity index (χ1n) is 9.42. The molecular weight excluding hydrogens is 446 g/mol. The number of carbonyl (C=O) groups is 2. The minimum absolute atomic E-state index is 0.101. The Morgan fingerprint density at radius 2 is 1.93 bits per heavy atom. The van der Waals surface area contributed by atoms with Crippen molar-refractivity contribution in [1.29, 1.82) is 0 Å². The Labute approximate surface area is 175 Å². The summed E-state index contributed by atoms with van der Waals surface area (Å²) < 4.78 is 34.3. The monoisotopic (exact) mass is 464 g/mol. The first kappa shape index (κ1) is 19.8. The van der Waals surface area contributed by atoms with Crippen LogP contribution in [0, 0.1) is 11.6 Å². The highest BCUT2D eigenvalue weighted by Gasteiger charge is 2.36. The van der Waals surface area contributed by atoms with Gasteiger partial charge < -0.3 is 15.0 Å². The maximum atomic E-state index is 14.2. The van der Waals surface area contributed by atoms with Crippen molar-refractivity contribution in [3.8, 4) is 5.75 Å². The first-order chi connectivity index (χ1) is 13.9. The van der Waals surface area contributed by atoms with Gasteiger partial charge in [-0.15, -0.1) is 0 Å². The second kappa shape index (κ2) is 8.10. The number of hydrogen-bond acceptors (Lipinski definition) is 3. The number of hydrogen-bond donors (Lipinski definition) is 1. The van der Waals surface area contributed by atoms with Crippen LogP contribution < -0.4 is 10.1 Å². The molecule has 2 aromatic carbocycles. The Balaban J connectivity index is 1.52. The van der Waals surface area contributed by atoms with E-state index in [4.69, 9.17) is 4.74 Å². The number of ether oxygens (including phenoxy) is 1. The summed E-state index contributed by atoms with van der Waals surface area (Å²) in [6, 6.07) is 7.66. The van der Waals surface area contributed by atoms with Gasteiger partial charge in [-0.1, -0.05) is 15.9 Å². The van der Waals surface area contributed by atoms with Crippen LogP contribution in [0.4, 0.5) is 8.78 Å². The lowest BCUT2D eigenvalue weighted by Gasteiger charge is -2.29. The molecule has 2 unspecified atom stereocenters. The molecule has 8 heteroatoms. The summed E-state index contributed by atoms with van der Waals surface area (Å²) in [6.07, 6.45) is 1.63. The molecule has 0 aromatic heterocycles. The molecule has 2 aromatic rings. The van der Waals surface area contributed by atoms with E-state index in [0.29, 0.717) is 38.2 Å². The molecule has 2 heterocycles. The third-order valence-electron chi connectivity index (χ3n) is 5.34. The molecule has 2 aliphatic heterocycles. The zero-order valence-corrected chi connectivity index (χ0v) is 17.0. The van der Waals surface area contributed by atoms with Crippen molar-refractivity contribution in [2.75, 3.05) is 13.2 Å². The average molecular weight is 465 g/mol. The van der Waals surface area contributed by atoms with Gasteiger partial charge in [-0.25, -0.2) is 8.78 Å². The summed E-state index contributed by atoms with van der Waals surface area (Å²) in [4.78, 5) is 26.9. The topological polar surface area (TPSA) is 58.6 Å². The summed E-state index contributed by atoms with van der Waals surface area (Å²) in [6.45, 7) is 0.747. The smallest absolute Gasteiger partial charge is 0.312 e. The van der Waals surface area contributed by atoms with E-state index < -0.39 is 29.5 Å². The zero-order valence-electron chi connectivity index (χ0n) is 15.5. The van der Waals surface area contributed by atoms with Gasteiger partial charge in [0.05, 0.1) is 18.7 Å². The lowest BCUT2D eigenvalue weighted by Crippen LogP contribution is -2.44. The average Bonchev–Trinajstić information content (AvgIpc) is 3.19. The number of rotatable bonds is 2. The highest BCUT2D eigenvalue weighted by atomic mass is 79.9. The Morgan fingerprint density at radius 3 is 2.76 bits per heavy atom. The lowest BCUT2D eigenvalue weighted by molar-refractivity contribution is -0.147. The molecule has 152 valence electrons. The van der Waals surface area contributed by atoms with Gasteiger partial charge >= 0.3 is 11.8 Å². The number of fused-ring (bicyclic) bond motifs is 1. The normalized spacial score (nSPS) is 20.7. The standard InChI is InChI=1S/C21H19BrF2N2O3/c22-12-3-6-19-15(10-12)17(7-9-29-19)25-20(27)21(28)26-8-1-2-18(26)14-11-13(23)4-5-16(14)24/h3-6,10-11,17-18H,1-2,7-9H2,(H,25,27). The van der Waals surface area contributed by atoms with E-state index in [0.717, 1.165) is 28.2 Å². The second-order valence-corrected chi connectivity index (χ2v) is 8.08. The van der Waals surface area contributed by atoms with E-state index in [1.165, 1.54) is 4.90 Å². The molecule has 2 aliphatic rings. The van der Waals surface area contributed by atoms with Crippen LogP contribution in [0.1, 0.15) is 42.5 Å². The van der Waals surface area contributed by atoms with Gasteiger partial charge in [-0.05, 0) is 49.2 Å². The fourth-order valence-corrected chi connectivity index (χ4v) is 4.35. The first-order valence-corrected chi connectivity index (χ1v) is 10.2. The van der Waals surface area contributed by atoms with Crippen LogP contribution in [-0.4, -0.2) is 29.9 Å². The minimum atomic E-state index is -0.758. The Hall–Kier alpha value is -2.48. The van der Waals surface area contributed by atoms with Gasteiger partial charge in [0, 0.05) is 28.6 Å². The third kappa shape index (κ3) is 3.99. The van der Waals surface area contributed by atoms with Crippen molar-refractivity contribution in [3.05, 3.63) is 63.6 Å². The van der Waals surface area contributed by atoms with Gasteiger partial charge in [0.1, 0.15) is 17.4 Å². The summed E-state index contributed by atoms with van der Waals surface area (Å²) in [7, 11) is 0. The quantitative estimate of drug-likeness (QED) is 0.682. The summed E-state index contributed by atoms with van der Waals surface area (Å²) >= 11 is 3.40. The highest BCUT2D eigenvalue weighted by molar-refractivity contribution is 9.10. The summed E-state index contributed by atoms with van der Waals surface area (Å²) in [5.41, 5.74) is 0.893. The molecule has 1 N–H and O–H groups in total. The fraction of sp³-hybridized carbons (Fsp3) is 0.333. The minimum Gasteiger partial charge on any atom is -0.493 e. The van der Waals surface area contributed by atoms with Crippen LogP contribution in [0.3, 0.4) is 0 Å². The number of benzene rings is 2. The Kier molecular flexibility index (Phi) is 5.54. The molecule has 5 nitrogen and oxygen atoms in total. The molecular formula is C21H19BrF2N2O3. The van der Waals surface area contributed by atoms with Crippen LogP contribution in [0.25, 0.3) is 0 Å². The van der Waals surface area contributed by atoms with Crippen LogP contribution in [-0.2, 0) is 9.59 Å². The number of likely N-dealkylation sites (tertiary alicyclic amines) is 1. The van der Waals surface area contributed by atoms with Gasteiger partial charge in [0.15, 0.2) is 0 Å². The van der Waals surface area contributed by atoms with Crippen molar-refractivity contribution in [2.45, 2.75) is 31.3 Å². The van der Waals surface area contributed by atoms with Crippen molar-refractivity contribution in [2.24, 2.45) is 0 Å². The molecule has 0 saturated carbocycles. The lowest BCUT2D eigenvalue weighted by atomic mass is 10.0. The second-order valence-electron chi connectivity index (χ2n) is 7.17. The molecule has 0 spiro atoms. The molecule has 2 atom stereocenters.